The molecule has 10 nitrogen and oxygen atoms in total. The van der Waals surface area contributed by atoms with E-state index in [1.54, 1.807) is 6.20 Å². The third kappa shape index (κ3) is 4.13. The summed E-state index contributed by atoms with van der Waals surface area (Å²) < 4.78 is 5.87. The summed E-state index contributed by atoms with van der Waals surface area (Å²) in [6, 6.07) is 1.73. The van der Waals surface area contributed by atoms with Crippen molar-refractivity contribution >= 4 is 23.3 Å². The van der Waals surface area contributed by atoms with Crippen LogP contribution in [0.4, 0.5) is 5.82 Å². The van der Waals surface area contributed by atoms with Crippen LogP contribution < -0.4 is 27.2 Å². The number of likely N-dealkylation sites (tertiary alicyclic amines) is 1. The Morgan fingerprint density at radius 1 is 1.31 bits per heavy atom. The lowest BCUT2D eigenvalue weighted by atomic mass is 9.73. The number of pyridine rings is 1. The molecule has 0 radical (unpaired) electrons. The number of fused-ring (bicyclic) bond motifs is 1. The molecule has 5 fully saturated rings. The monoisotopic (exact) mass is 504 g/mol. The first kappa shape index (κ1) is 23.8. The molecule has 1 spiro atoms. The molecule has 4 unspecified atom stereocenters. The number of halogens is 1. The summed E-state index contributed by atoms with van der Waals surface area (Å²) in [4.78, 5) is 22.3. The number of piperidine rings is 1. The average Bonchev–Trinajstić information content (AvgIpc) is 3.54. The minimum Gasteiger partial charge on any atom is -0.376 e. The molecule has 6 atom stereocenters. The maximum atomic E-state index is 13.7. The second-order valence-corrected chi connectivity index (χ2v) is 11.5. The number of rotatable bonds is 5. The number of carbonyl (C=O) groups is 1. The molecular weight excluding hydrogens is 468 g/mol. The minimum absolute atomic E-state index is 0.0529. The van der Waals surface area contributed by atoms with E-state index in [1.807, 2.05) is 18.0 Å². The van der Waals surface area contributed by atoms with Crippen LogP contribution in [-0.2, 0) is 9.53 Å². The molecule has 1 saturated carbocycles. The maximum absolute atomic E-state index is 13.7. The molecule has 1 aromatic heterocycles. The Labute approximate surface area is 211 Å². The zero-order valence-corrected chi connectivity index (χ0v) is 21.2. The van der Waals surface area contributed by atoms with Gasteiger partial charge in [0.1, 0.15) is 12.1 Å². The number of ether oxygens (including phenoxy) is 1. The van der Waals surface area contributed by atoms with E-state index >= 15 is 0 Å². The van der Waals surface area contributed by atoms with E-state index in [9.17, 15) is 4.79 Å². The number of nitrogens with two attached hydrogens (primary N) is 1. The first-order valence-electron chi connectivity index (χ1n) is 12.9. The van der Waals surface area contributed by atoms with Crippen molar-refractivity contribution in [2.75, 3.05) is 38.6 Å². The number of amides is 1. The third-order valence-corrected chi connectivity index (χ3v) is 9.33. The molecule has 0 bridgehead atoms. The molecule has 1 aliphatic carbocycles. The highest BCUT2D eigenvalue weighted by atomic mass is 35.5. The van der Waals surface area contributed by atoms with Gasteiger partial charge >= 0.3 is 0 Å². The number of nitrogens with zero attached hydrogens (tertiary/aromatic N) is 3. The van der Waals surface area contributed by atoms with Gasteiger partial charge in [0.25, 0.3) is 0 Å². The first-order chi connectivity index (χ1) is 16.9. The van der Waals surface area contributed by atoms with Crippen LogP contribution >= 0.6 is 11.6 Å². The predicted molar refractivity (Wildman–Crippen MR) is 133 cm³/mol. The molecule has 4 aliphatic heterocycles. The largest absolute Gasteiger partial charge is 0.376 e. The summed E-state index contributed by atoms with van der Waals surface area (Å²) in [5.74, 6) is 1.18. The van der Waals surface area contributed by atoms with Gasteiger partial charge in [-0.15, -0.1) is 0 Å². The summed E-state index contributed by atoms with van der Waals surface area (Å²) >= 11 is 6.77. The number of anilines is 1. The van der Waals surface area contributed by atoms with Gasteiger partial charge in [-0.25, -0.2) is 15.8 Å². The number of carbonyl (C=O) groups excluding carboxylic acids is 1. The molecule has 1 amide bonds. The van der Waals surface area contributed by atoms with E-state index in [1.165, 1.54) is 12.8 Å². The molecule has 11 heteroatoms. The molecule has 6 N–H and O–H groups in total. The van der Waals surface area contributed by atoms with Crippen LogP contribution in [0, 0.1) is 17.3 Å². The lowest BCUT2D eigenvalue weighted by Crippen LogP contribution is -2.70. The number of hydrazine groups is 1. The summed E-state index contributed by atoms with van der Waals surface area (Å²) in [6.07, 6.45) is 5.97. The summed E-state index contributed by atoms with van der Waals surface area (Å²) in [5, 5.41) is 7.63. The number of nitrogens with one attached hydrogen (secondary N) is 4. The van der Waals surface area contributed by atoms with Crippen molar-refractivity contribution in [3.63, 3.8) is 0 Å². The van der Waals surface area contributed by atoms with Crippen molar-refractivity contribution in [3.05, 3.63) is 22.8 Å². The van der Waals surface area contributed by atoms with Gasteiger partial charge in [0.05, 0.1) is 35.9 Å². The number of hydrogen-bond donors (Lipinski definition) is 5. The standard InChI is InChI=1S/C24H37ClN8O2/c1-13-19(26)24(12-35-13)6-9-33(10-7-24)23-29-20-16(22(34)32(23)2)18(30-31-20)15-5-8-27-21(17(15)25)28-11-14-3-4-14/h5,8,13-14,16,18-20,23,29-31H,3-4,6-7,9-12,26H2,1-2H3,(H,27,28)/t13-,16?,18?,19+,20?,23?/m0/s1. The normalized spacial score (nSPS) is 37.1. The smallest absolute Gasteiger partial charge is 0.232 e. The second-order valence-electron chi connectivity index (χ2n) is 11.1. The van der Waals surface area contributed by atoms with E-state index in [0.717, 1.165) is 44.6 Å². The molecule has 35 heavy (non-hydrogen) atoms. The van der Waals surface area contributed by atoms with Crippen LogP contribution in [0.2, 0.25) is 5.02 Å². The fraction of sp³-hybridized carbons (Fsp3) is 0.750. The summed E-state index contributed by atoms with van der Waals surface area (Å²) in [7, 11) is 1.89. The van der Waals surface area contributed by atoms with Crippen LogP contribution in [0.1, 0.15) is 44.2 Å². The van der Waals surface area contributed by atoms with Gasteiger partial charge in [-0.2, -0.15) is 0 Å². The molecule has 4 saturated heterocycles. The lowest BCUT2D eigenvalue weighted by Gasteiger charge is -2.49. The van der Waals surface area contributed by atoms with Crippen molar-refractivity contribution < 1.29 is 9.53 Å². The number of hydrogen-bond acceptors (Lipinski definition) is 9. The fourth-order valence-corrected chi connectivity index (χ4v) is 6.60. The van der Waals surface area contributed by atoms with E-state index in [2.05, 4.69) is 38.3 Å². The second kappa shape index (κ2) is 9.09. The summed E-state index contributed by atoms with van der Waals surface area (Å²) in [5.41, 5.74) is 14.1. The Morgan fingerprint density at radius 2 is 2.09 bits per heavy atom. The summed E-state index contributed by atoms with van der Waals surface area (Å²) in [6.45, 7) is 5.44. The van der Waals surface area contributed by atoms with Crippen molar-refractivity contribution in [3.8, 4) is 0 Å². The highest BCUT2D eigenvalue weighted by molar-refractivity contribution is 6.33. The average molecular weight is 505 g/mol. The van der Waals surface area contributed by atoms with Crippen molar-refractivity contribution in [1.82, 2.24) is 31.0 Å². The number of aromatic nitrogens is 1. The topological polar surface area (TPSA) is 120 Å². The van der Waals surface area contributed by atoms with E-state index < -0.39 is 0 Å². The van der Waals surface area contributed by atoms with Crippen LogP contribution in [0.5, 0.6) is 0 Å². The molecule has 1 aromatic rings. The molecule has 5 aliphatic rings. The zero-order valence-electron chi connectivity index (χ0n) is 20.5. The zero-order chi connectivity index (χ0) is 24.3. The highest BCUT2D eigenvalue weighted by Gasteiger charge is 2.53. The Hall–Kier alpha value is -1.53. The predicted octanol–water partition coefficient (Wildman–Crippen LogP) is 0.822. The van der Waals surface area contributed by atoms with Crippen LogP contribution in [0.3, 0.4) is 0 Å². The maximum Gasteiger partial charge on any atom is 0.232 e. The highest BCUT2D eigenvalue weighted by Crippen LogP contribution is 2.43. The van der Waals surface area contributed by atoms with Crippen molar-refractivity contribution in [1.29, 1.82) is 0 Å². The first-order valence-corrected chi connectivity index (χ1v) is 13.3. The van der Waals surface area contributed by atoms with Gasteiger partial charge in [-0.3, -0.25) is 15.0 Å². The fourth-order valence-electron chi connectivity index (χ4n) is 6.30. The Bertz CT molecular complexity index is 969. The van der Waals surface area contributed by atoms with E-state index in [0.29, 0.717) is 16.8 Å². The Balaban J connectivity index is 1.14. The molecule has 0 aromatic carbocycles. The third-order valence-electron chi connectivity index (χ3n) is 8.94. The molecule has 6 rings (SSSR count). The Kier molecular flexibility index (Phi) is 6.19. The van der Waals surface area contributed by atoms with Gasteiger partial charge in [0.2, 0.25) is 5.91 Å². The molecule has 192 valence electrons. The Morgan fingerprint density at radius 3 is 2.77 bits per heavy atom. The van der Waals surface area contributed by atoms with Crippen molar-refractivity contribution in [2.24, 2.45) is 23.0 Å². The van der Waals surface area contributed by atoms with E-state index in [4.69, 9.17) is 22.1 Å². The van der Waals surface area contributed by atoms with Gasteiger partial charge in [0, 0.05) is 44.3 Å². The van der Waals surface area contributed by atoms with Crippen LogP contribution in [0.15, 0.2) is 12.3 Å². The van der Waals surface area contributed by atoms with Crippen molar-refractivity contribution in [2.45, 2.75) is 63.3 Å². The van der Waals surface area contributed by atoms with Gasteiger partial charge in [-0.05, 0) is 50.2 Å². The van der Waals surface area contributed by atoms with Crippen LogP contribution in [0.25, 0.3) is 0 Å². The van der Waals surface area contributed by atoms with Crippen LogP contribution in [-0.4, -0.2) is 78.6 Å². The van der Waals surface area contributed by atoms with Gasteiger partial charge in [0.15, 0.2) is 0 Å². The lowest BCUT2D eigenvalue weighted by molar-refractivity contribution is -0.151. The van der Waals surface area contributed by atoms with Gasteiger partial charge < -0.3 is 20.7 Å². The van der Waals surface area contributed by atoms with E-state index in [-0.39, 0.29) is 47.9 Å². The van der Waals surface area contributed by atoms with Gasteiger partial charge in [-0.1, -0.05) is 11.6 Å². The quantitative estimate of drug-likeness (QED) is 0.397. The molecule has 5 heterocycles. The SMILES string of the molecule is C[C@@H]1OCC2(CCN(C3NC4NNC(c5ccnc(NCC6CC6)c5Cl)C4C(=O)N3C)CC2)[C@@H]1N. The molecular formula is C24H37ClN8O2. The minimum atomic E-state index is -0.318.